The minimum absolute atomic E-state index is 0.236. The number of hydrogen-bond donors (Lipinski definition) is 2. The number of imidazole rings is 1. The Morgan fingerprint density at radius 3 is 2.67 bits per heavy atom. The number of nitrogens with one attached hydrogen (secondary N) is 1. The summed E-state index contributed by atoms with van der Waals surface area (Å²) in [5, 5.41) is 17.0. The molecule has 0 amide bonds. The maximum Gasteiger partial charge on any atom is 0.254 e. The highest BCUT2D eigenvalue weighted by atomic mass is 16.3. The lowest BCUT2D eigenvalue weighted by Gasteiger charge is -2.11. The number of rotatable bonds is 6. The predicted molar refractivity (Wildman–Crippen MR) is 103 cm³/mol. The number of nitrogens with zero attached hydrogens (tertiary/aromatic N) is 6. The zero-order chi connectivity index (χ0) is 18.8. The maximum atomic E-state index is 9.40. The summed E-state index contributed by atoms with van der Waals surface area (Å²) in [6.07, 6.45) is 6.11. The summed E-state index contributed by atoms with van der Waals surface area (Å²) < 4.78 is 3.66. The molecule has 0 saturated heterocycles. The topological polar surface area (TPSA) is 93.7 Å². The average Bonchev–Trinajstić information content (AvgIpc) is 3.33. The van der Waals surface area contributed by atoms with Crippen LogP contribution in [0.2, 0.25) is 0 Å². The monoisotopic (exact) mass is 363 g/mol. The van der Waals surface area contributed by atoms with Crippen molar-refractivity contribution in [3.8, 4) is 11.7 Å². The molecule has 8 heteroatoms. The highest BCUT2D eigenvalue weighted by Crippen LogP contribution is 2.23. The molecule has 0 aliphatic carbocycles. The lowest BCUT2D eigenvalue weighted by atomic mass is 10.1. The molecule has 3 aromatic heterocycles. The summed E-state index contributed by atoms with van der Waals surface area (Å²) in [7, 11) is 0. The Hall–Kier alpha value is -3.42. The van der Waals surface area contributed by atoms with Crippen LogP contribution in [0.1, 0.15) is 25.5 Å². The van der Waals surface area contributed by atoms with Gasteiger partial charge < -0.3 is 15.0 Å². The van der Waals surface area contributed by atoms with Gasteiger partial charge in [0.15, 0.2) is 17.0 Å². The van der Waals surface area contributed by atoms with Crippen molar-refractivity contribution in [3.05, 3.63) is 54.6 Å². The second kappa shape index (κ2) is 7.06. The van der Waals surface area contributed by atoms with Crippen molar-refractivity contribution < 1.29 is 5.11 Å². The standard InChI is InChI=1S/C19H21N7O/c1-13(2)25-12-21-16-17(20-10-8-14-4-6-15(27)7-5-14)23-19(24-18(16)25)26-11-3-9-22-26/h3-7,9,11-13,27H,8,10H2,1-2H3,(H,20,23,24). The van der Waals surface area contributed by atoms with Crippen LogP contribution >= 0.6 is 0 Å². The van der Waals surface area contributed by atoms with Gasteiger partial charge in [-0.3, -0.25) is 0 Å². The van der Waals surface area contributed by atoms with Gasteiger partial charge >= 0.3 is 0 Å². The predicted octanol–water partition coefficient (Wildman–Crippen LogP) is 2.95. The summed E-state index contributed by atoms with van der Waals surface area (Å²) in [5.74, 6) is 1.46. The first-order valence-electron chi connectivity index (χ1n) is 8.88. The van der Waals surface area contributed by atoms with Crippen molar-refractivity contribution in [2.75, 3.05) is 11.9 Å². The van der Waals surface area contributed by atoms with Crippen molar-refractivity contribution >= 4 is 17.0 Å². The number of phenols is 1. The van der Waals surface area contributed by atoms with E-state index in [0.29, 0.717) is 18.3 Å². The Kier molecular flexibility index (Phi) is 4.45. The van der Waals surface area contributed by atoms with E-state index in [1.54, 1.807) is 29.3 Å². The van der Waals surface area contributed by atoms with E-state index in [-0.39, 0.29) is 11.8 Å². The van der Waals surface area contributed by atoms with Gasteiger partial charge in [-0.05, 0) is 44.0 Å². The number of fused-ring (bicyclic) bond motifs is 1. The van der Waals surface area contributed by atoms with E-state index in [9.17, 15) is 5.11 Å². The summed E-state index contributed by atoms with van der Waals surface area (Å²) in [6, 6.07) is 9.28. The molecule has 0 radical (unpaired) electrons. The molecule has 4 rings (SSSR count). The molecule has 0 aliphatic rings. The van der Waals surface area contributed by atoms with E-state index in [2.05, 4.69) is 39.2 Å². The molecule has 0 unspecified atom stereocenters. The first kappa shape index (κ1) is 17.0. The maximum absolute atomic E-state index is 9.40. The van der Waals surface area contributed by atoms with Crippen molar-refractivity contribution in [2.45, 2.75) is 26.3 Å². The third kappa shape index (κ3) is 3.46. The van der Waals surface area contributed by atoms with Gasteiger partial charge in [0.2, 0.25) is 0 Å². The third-order valence-corrected chi connectivity index (χ3v) is 4.32. The van der Waals surface area contributed by atoms with Crippen LogP contribution in [0, 0.1) is 0 Å². The molecule has 0 saturated carbocycles. The average molecular weight is 363 g/mol. The van der Waals surface area contributed by atoms with Crippen molar-refractivity contribution in [1.82, 2.24) is 29.3 Å². The van der Waals surface area contributed by atoms with Gasteiger partial charge in [-0.15, -0.1) is 0 Å². The summed E-state index contributed by atoms with van der Waals surface area (Å²) in [6.45, 7) is 4.87. The molecule has 138 valence electrons. The van der Waals surface area contributed by atoms with Gasteiger partial charge in [0.25, 0.3) is 5.95 Å². The summed E-state index contributed by atoms with van der Waals surface area (Å²) in [4.78, 5) is 13.8. The Morgan fingerprint density at radius 1 is 1.15 bits per heavy atom. The van der Waals surface area contributed by atoms with Crippen LogP contribution in [0.3, 0.4) is 0 Å². The van der Waals surface area contributed by atoms with Gasteiger partial charge in [-0.1, -0.05) is 12.1 Å². The van der Waals surface area contributed by atoms with Crippen molar-refractivity contribution in [2.24, 2.45) is 0 Å². The molecule has 1 aromatic carbocycles. The molecule has 0 aliphatic heterocycles. The number of anilines is 1. The molecular weight excluding hydrogens is 342 g/mol. The molecule has 3 heterocycles. The van der Waals surface area contributed by atoms with E-state index < -0.39 is 0 Å². The Bertz CT molecular complexity index is 1040. The number of phenolic OH excluding ortho intramolecular Hbond substituents is 1. The minimum Gasteiger partial charge on any atom is -0.508 e. The molecule has 2 N–H and O–H groups in total. The van der Waals surface area contributed by atoms with Crippen LogP contribution in [0.4, 0.5) is 5.82 Å². The van der Waals surface area contributed by atoms with Gasteiger partial charge in [0.1, 0.15) is 5.75 Å². The molecular formula is C19H21N7O. The van der Waals surface area contributed by atoms with Gasteiger partial charge in [-0.25, -0.2) is 9.67 Å². The smallest absolute Gasteiger partial charge is 0.254 e. The number of aromatic nitrogens is 6. The fraction of sp³-hybridized carbons (Fsp3) is 0.263. The van der Waals surface area contributed by atoms with E-state index in [4.69, 9.17) is 0 Å². The van der Waals surface area contributed by atoms with Crippen LogP contribution in [-0.4, -0.2) is 41.0 Å². The highest BCUT2D eigenvalue weighted by Gasteiger charge is 2.15. The molecule has 8 nitrogen and oxygen atoms in total. The molecule has 0 fully saturated rings. The van der Waals surface area contributed by atoms with Crippen LogP contribution in [0.15, 0.2) is 49.1 Å². The zero-order valence-corrected chi connectivity index (χ0v) is 15.2. The molecule has 27 heavy (non-hydrogen) atoms. The SMILES string of the molecule is CC(C)n1cnc2c(NCCc3ccc(O)cc3)nc(-n3cccn3)nc21. The first-order valence-corrected chi connectivity index (χ1v) is 8.88. The van der Waals surface area contributed by atoms with Crippen LogP contribution in [-0.2, 0) is 6.42 Å². The summed E-state index contributed by atoms with van der Waals surface area (Å²) >= 11 is 0. The quantitative estimate of drug-likeness (QED) is 0.547. The van der Waals surface area contributed by atoms with Crippen LogP contribution < -0.4 is 5.32 Å². The lowest BCUT2D eigenvalue weighted by Crippen LogP contribution is -2.11. The van der Waals surface area contributed by atoms with Gasteiger partial charge in [-0.2, -0.15) is 15.1 Å². The van der Waals surface area contributed by atoms with Gasteiger partial charge in [0, 0.05) is 25.0 Å². The van der Waals surface area contributed by atoms with Crippen molar-refractivity contribution in [3.63, 3.8) is 0 Å². The fourth-order valence-electron chi connectivity index (χ4n) is 2.88. The molecule has 4 aromatic rings. The summed E-state index contributed by atoms with van der Waals surface area (Å²) in [5.41, 5.74) is 2.65. The Morgan fingerprint density at radius 2 is 1.96 bits per heavy atom. The van der Waals surface area contributed by atoms with Crippen LogP contribution in [0.25, 0.3) is 17.1 Å². The first-order chi connectivity index (χ1) is 13.1. The van der Waals surface area contributed by atoms with Crippen LogP contribution in [0.5, 0.6) is 5.75 Å². The second-order valence-corrected chi connectivity index (χ2v) is 6.58. The highest BCUT2D eigenvalue weighted by molar-refractivity contribution is 5.83. The van der Waals surface area contributed by atoms with Gasteiger partial charge in [0.05, 0.1) is 6.33 Å². The normalized spacial score (nSPS) is 11.4. The number of hydrogen-bond acceptors (Lipinski definition) is 6. The second-order valence-electron chi connectivity index (χ2n) is 6.58. The Labute approximate surface area is 156 Å². The lowest BCUT2D eigenvalue weighted by molar-refractivity contribution is 0.475. The largest absolute Gasteiger partial charge is 0.508 e. The van der Waals surface area contributed by atoms with Crippen molar-refractivity contribution in [1.29, 1.82) is 0 Å². The van der Waals surface area contributed by atoms with E-state index in [1.165, 1.54) is 0 Å². The third-order valence-electron chi connectivity index (χ3n) is 4.32. The fourth-order valence-corrected chi connectivity index (χ4v) is 2.88. The van der Waals surface area contributed by atoms with E-state index >= 15 is 0 Å². The molecule has 0 atom stereocenters. The molecule has 0 bridgehead atoms. The van der Waals surface area contributed by atoms with E-state index in [1.807, 2.05) is 29.0 Å². The number of aromatic hydroxyl groups is 1. The Balaban J connectivity index is 1.65. The number of benzene rings is 1. The molecule has 0 spiro atoms. The van der Waals surface area contributed by atoms with E-state index in [0.717, 1.165) is 23.1 Å². The zero-order valence-electron chi connectivity index (χ0n) is 15.2. The minimum atomic E-state index is 0.236.